The molecule has 0 saturated carbocycles. The van der Waals surface area contributed by atoms with Gasteiger partial charge in [0, 0.05) is 17.0 Å². The van der Waals surface area contributed by atoms with Crippen LogP contribution in [0.2, 0.25) is 0 Å². The molecule has 3 heterocycles. The zero-order valence-electron chi connectivity index (χ0n) is 10.7. The Balaban J connectivity index is 2.09. The van der Waals surface area contributed by atoms with Gasteiger partial charge >= 0.3 is 0 Å². The predicted molar refractivity (Wildman–Crippen MR) is 70.7 cm³/mol. The normalized spacial score (nSPS) is 10.8. The van der Waals surface area contributed by atoms with E-state index in [9.17, 15) is 0 Å². The first-order valence-corrected chi connectivity index (χ1v) is 5.84. The molecule has 0 radical (unpaired) electrons. The largest absolute Gasteiger partial charge is 0.472 e. The van der Waals surface area contributed by atoms with Gasteiger partial charge in [0.25, 0.3) is 5.95 Å². The number of aromatic nitrogens is 4. The molecule has 0 unspecified atom stereocenters. The molecule has 0 bridgehead atoms. The first-order chi connectivity index (χ1) is 9.13. The highest BCUT2D eigenvalue weighted by Gasteiger charge is 2.12. The maximum absolute atomic E-state index is 5.97. The van der Waals surface area contributed by atoms with E-state index in [0.717, 1.165) is 17.0 Å². The average Bonchev–Trinajstić information content (AvgIpc) is 2.96. The number of rotatable bonds is 2. The molecule has 19 heavy (non-hydrogen) atoms. The molecule has 0 aliphatic heterocycles. The molecule has 6 heteroatoms. The summed E-state index contributed by atoms with van der Waals surface area (Å²) < 4.78 is 6.62. The van der Waals surface area contributed by atoms with Crippen LogP contribution in [-0.2, 0) is 0 Å². The average molecular weight is 255 g/mol. The number of nitrogens with zero attached hydrogens (tertiary/aromatic N) is 4. The third kappa shape index (κ3) is 2.08. The molecule has 0 atom stereocenters. The predicted octanol–water partition coefficient (Wildman–Crippen LogP) is 2.12. The third-order valence-corrected chi connectivity index (χ3v) is 2.71. The zero-order chi connectivity index (χ0) is 13.4. The number of nitrogen functional groups attached to an aromatic ring is 1. The Labute approximate surface area is 109 Å². The minimum Gasteiger partial charge on any atom is -0.472 e. The molecular weight excluding hydrogens is 242 g/mol. The minimum atomic E-state index is 0.513. The standard InChI is InChI=1S/C13H13N5O/c1-8-5-9(2)16-13(15-8)18-6-11(14)12(17-18)10-3-4-19-7-10/h3-7H,14H2,1-2H3. The van der Waals surface area contributed by atoms with Crippen molar-refractivity contribution in [3.05, 3.63) is 42.2 Å². The molecule has 0 amide bonds. The lowest BCUT2D eigenvalue weighted by Gasteiger charge is -2.01. The van der Waals surface area contributed by atoms with E-state index in [2.05, 4.69) is 15.1 Å². The van der Waals surface area contributed by atoms with Crippen molar-refractivity contribution in [1.82, 2.24) is 19.7 Å². The molecule has 0 fully saturated rings. The Hall–Kier alpha value is -2.63. The molecule has 3 aromatic rings. The maximum Gasteiger partial charge on any atom is 0.251 e. The van der Waals surface area contributed by atoms with Crippen LogP contribution in [0.4, 0.5) is 5.69 Å². The Bertz CT molecular complexity index is 694. The number of furan rings is 1. The molecule has 0 aromatic carbocycles. The monoisotopic (exact) mass is 255 g/mol. The molecule has 0 aliphatic rings. The van der Waals surface area contributed by atoms with Gasteiger partial charge in [0.15, 0.2) is 0 Å². The number of hydrogen-bond acceptors (Lipinski definition) is 5. The van der Waals surface area contributed by atoms with Crippen LogP contribution in [0.1, 0.15) is 11.4 Å². The van der Waals surface area contributed by atoms with E-state index in [1.807, 2.05) is 26.0 Å². The number of nitrogens with two attached hydrogens (primary N) is 1. The second-order valence-corrected chi connectivity index (χ2v) is 4.34. The summed E-state index contributed by atoms with van der Waals surface area (Å²) in [6, 6.07) is 3.72. The lowest BCUT2D eigenvalue weighted by Crippen LogP contribution is -2.04. The highest BCUT2D eigenvalue weighted by molar-refractivity contribution is 5.71. The summed E-state index contributed by atoms with van der Waals surface area (Å²) >= 11 is 0. The Kier molecular flexibility index (Phi) is 2.56. The summed E-state index contributed by atoms with van der Waals surface area (Å²) in [4.78, 5) is 8.70. The highest BCUT2D eigenvalue weighted by atomic mass is 16.3. The van der Waals surface area contributed by atoms with Crippen molar-refractivity contribution >= 4 is 5.69 Å². The van der Waals surface area contributed by atoms with Crippen molar-refractivity contribution in [2.24, 2.45) is 0 Å². The van der Waals surface area contributed by atoms with Gasteiger partial charge in [0.2, 0.25) is 0 Å². The number of aryl methyl sites for hydroxylation is 2. The second-order valence-electron chi connectivity index (χ2n) is 4.34. The SMILES string of the molecule is Cc1cc(C)nc(-n2cc(N)c(-c3ccoc3)n2)n1. The summed E-state index contributed by atoms with van der Waals surface area (Å²) in [6.45, 7) is 3.84. The van der Waals surface area contributed by atoms with E-state index in [4.69, 9.17) is 10.2 Å². The second kappa shape index (κ2) is 4.24. The summed E-state index contributed by atoms with van der Waals surface area (Å²) in [7, 11) is 0. The van der Waals surface area contributed by atoms with Crippen LogP contribution in [0.5, 0.6) is 0 Å². The van der Waals surface area contributed by atoms with Gasteiger partial charge in [-0.15, -0.1) is 0 Å². The van der Waals surface area contributed by atoms with E-state index < -0.39 is 0 Å². The van der Waals surface area contributed by atoms with Gasteiger partial charge in [0.05, 0.1) is 24.4 Å². The molecule has 6 nitrogen and oxygen atoms in total. The van der Waals surface area contributed by atoms with Crippen molar-refractivity contribution in [2.75, 3.05) is 5.73 Å². The quantitative estimate of drug-likeness (QED) is 0.758. The Morgan fingerprint density at radius 3 is 2.58 bits per heavy atom. The number of anilines is 1. The van der Waals surface area contributed by atoms with Crippen LogP contribution in [0.25, 0.3) is 17.2 Å². The Morgan fingerprint density at radius 1 is 1.21 bits per heavy atom. The molecular formula is C13H13N5O. The molecule has 3 aromatic heterocycles. The molecule has 3 rings (SSSR count). The van der Waals surface area contributed by atoms with Crippen LogP contribution in [0, 0.1) is 13.8 Å². The number of hydrogen-bond donors (Lipinski definition) is 1. The van der Waals surface area contributed by atoms with Crippen molar-refractivity contribution in [3.8, 4) is 17.2 Å². The fourth-order valence-corrected chi connectivity index (χ4v) is 1.92. The molecule has 0 aliphatic carbocycles. The van der Waals surface area contributed by atoms with Crippen LogP contribution in [0.3, 0.4) is 0 Å². The van der Waals surface area contributed by atoms with E-state index in [1.165, 1.54) is 0 Å². The minimum absolute atomic E-state index is 0.513. The summed E-state index contributed by atoms with van der Waals surface area (Å²) in [6.07, 6.45) is 4.89. The van der Waals surface area contributed by atoms with Crippen LogP contribution >= 0.6 is 0 Å². The van der Waals surface area contributed by atoms with Crippen LogP contribution in [-0.4, -0.2) is 19.7 Å². The van der Waals surface area contributed by atoms with Gasteiger partial charge in [0.1, 0.15) is 5.69 Å². The van der Waals surface area contributed by atoms with Crippen molar-refractivity contribution < 1.29 is 4.42 Å². The highest BCUT2D eigenvalue weighted by Crippen LogP contribution is 2.25. The van der Waals surface area contributed by atoms with Crippen LogP contribution in [0.15, 0.2) is 35.3 Å². The van der Waals surface area contributed by atoms with Crippen molar-refractivity contribution in [2.45, 2.75) is 13.8 Å². The van der Waals surface area contributed by atoms with Gasteiger partial charge in [-0.3, -0.25) is 0 Å². The first kappa shape index (κ1) is 11.5. The van der Waals surface area contributed by atoms with Crippen molar-refractivity contribution in [3.63, 3.8) is 0 Å². The van der Waals surface area contributed by atoms with Gasteiger partial charge in [-0.05, 0) is 26.0 Å². The van der Waals surface area contributed by atoms with E-state index in [1.54, 1.807) is 23.4 Å². The lowest BCUT2D eigenvalue weighted by molar-refractivity contribution is 0.568. The molecule has 0 saturated heterocycles. The van der Waals surface area contributed by atoms with E-state index >= 15 is 0 Å². The van der Waals surface area contributed by atoms with Crippen molar-refractivity contribution in [1.29, 1.82) is 0 Å². The van der Waals surface area contributed by atoms with E-state index in [-0.39, 0.29) is 0 Å². The summed E-state index contributed by atoms with van der Waals surface area (Å²) in [5.74, 6) is 0.513. The molecule has 2 N–H and O–H groups in total. The van der Waals surface area contributed by atoms with Gasteiger partial charge in [-0.1, -0.05) is 0 Å². The maximum atomic E-state index is 5.97. The van der Waals surface area contributed by atoms with Gasteiger partial charge < -0.3 is 10.2 Å². The summed E-state index contributed by atoms with van der Waals surface area (Å²) in [5.41, 5.74) is 9.80. The fourth-order valence-electron chi connectivity index (χ4n) is 1.92. The lowest BCUT2D eigenvalue weighted by atomic mass is 10.2. The molecule has 96 valence electrons. The van der Waals surface area contributed by atoms with Gasteiger partial charge in [-0.25, -0.2) is 14.6 Å². The molecule has 0 spiro atoms. The Morgan fingerprint density at radius 2 is 1.95 bits per heavy atom. The topological polar surface area (TPSA) is 82.8 Å². The smallest absolute Gasteiger partial charge is 0.251 e. The van der Waals surface area contributed by atoms with E-state index in [0.29, 0.717) is 17.3 Å². The first-order valence-electron chi connectivity index (χ1n) is 5.84. The van der Waals surface area contributed by atoms with Gasteiger partial charge in [-0.2, -0.15) is 5.10 Å². The summed E-state index contributed by atoms with van der Waals surface area (Å²) in [5, 5.41) is 4.41. The van der Waals surface area contributed by atoms with Crippen LogP contribution < -0.4 is 5.73 Å². The fraction of sp³-hybridized carbons (Fsp3) is 0.154. The zero-order valence-corrected chi connectivity index (χ0v) is 10.7. The third-order valence-electron chi connectivity index (χ3n) is 2.71.